The molecule has 3 heteroatoms. The molecule has 0 radical (unpaired) electrons. The molecule has 3 nitrogen and oxygen atoms in total. The second-order valence-corrected chi connectivity index (χ2v) is 17.6. The summed E-state index contributed by atoms with van der Waals surface area (Å²) in [5.74, 6) is 0. The number of benzene rings is 11. The first-order chi connectivity index (χ1) is 34.3. The number of anilines is 3. The normalized spacial score (nSPS) is 11.5. The van der Waals surface area contributed by atoms with Crippen molar-refractivity contribution in [2.45, 2.75) is 0 Å². The molecule has 2 aromatic heterocycles. The Balaban J connectivity index is 0.938. The van der Waals surface area contributed by atoms with Crippen LogP contribution in [0, 0.1) is 0 Å². The highest BCUT2D eigenvalue weighted by molar-refractivity contribution is 6.22. The van der Waals surface area contributed by atoms with E-state index >= 15 is 0 Å². The minimum atomic E-state index is 1.09. The number of para-hydroxylation sites is 3. The van der Waals surface area contributed by atoms with Gasteiger partial charge in [0.15, 0.2) is 0 Å². The fourth-order valence-corrected chi connectivity index (χ4v) is 10.7. The van der Waals surface area contributed by atoms with Gasteiger partial charge in [-0.25, -0.2) is 0 Å². The standard InChI is InChI=1S/C66H45N3/c1-6-20-46(21-7-1)55-30-16-34-59-63(55)65-57(32-18-36-61(65)68(59)51-26-12-4-13-27-51)48-38-42-53(43-39-48)67(50-24-10-3-11-25-50)54-44-40-49(41-45-54)58-33-19-37-62-66(58)64-56(47-22-8-2-9-23-47)31-17-35-60(64)69(62)52-28-14-5-15-29-52/h1-45H. The SMILES string of the molecule is c1ccc(-c2cccc3c2c2c(-c4ccc(N(c5ccccc5)c5ccc(-c6cccc7c6c6c(-c8ccccc8)cccc6n7-c6ccccc6)cc5)cc4)cccc2n3-c2ccccc2)cc1. The second kappa shape index (κ2) is 16.9. The number of hydrogen-bond acceptors (Lipinski definition) is 1. The Morgan fingerprint density at radius 2 is 0.464 bits per heavy atom. The monoisotopic (exact) mass is 879 g/mol. The van der Waals surface area contributed by atoms with Gasteiger partial charge in [-0.2, -0.15) is 0 Å². The largest absolute Gasteiger partial charge is 0.311 e. The van der Waals surface area contributed by atoms with E-state index in [2.05, 4.69) is 287 Å². The maximum atomic E-state index is 2.42. The Morgan fingerprint density at radius 3 is 0.783 bits per heavy atom. The molecule has 0 saturated heterocycles. The van der Waals surface area contributed by atoms with Gasteiger partial charge in [-0.1, -0.05) is 188 Å². The van der Waals surface area contributed by atoms with Crippen LogP contribution in [0.25, 0.3) is 99.5 Å². The molecule has 13 rings (SSSR count). The van der Waals surface area contributed by atoms with Crippen molar-refractivity contribution in [2.24, 2.45) is 0 Å². The molecule has 13 aromatic rings. The average Bonchev–Trinajstić information content (AvgIpc) is 3.96. The lowest BCUT2D eigenvalue weighted by atomic mass is 9.94. The van der Waals surface area contributed by atoms with Gasteiger partial charge in [-0.05, 0) is 129 Å². The van der Waals surface area contributed by atoms with Gasteiger partial charge < -0.3 is 14.0 Å². The fraction of sp³-hybridized carbons (Fsp3) is 0. The predicted octanol–water partition coefficient (Wildman–Crippen LogP) is 18.0. The zero-order valence-corrected chi connectivity index (χ0v) is 37.8. The average molecular weight is 880 g/mol. The highest BCUT2D eigenvalue weighted by Crippen LogP contribution is 2.46. The summed E-state index contributed by atoms with van der Waals surface area (Å²) in [5.41, 5.74) is 19.9. The van der Waals surface area contributed by atoms with Crippen LogP contribution in [0.5, 0.6) is 0 Å². The van der Waals surface area contributed by atoms with Crippen LogP contribution in [-0.4, -0.2) is 9.13 Å². The van der Waals surface area contributed by atoms with Gasteiger partial charge in [0.1, 0.15) is 0 Å². The molecule has 0 atom stereocenters. The molecule has 69 heavy (non-hydrogen) atoms. The van der Waals surface area contributed by atoms with E-state index in [1.807, 2.05) is 0 Å². The molecule has 0 aliphatic carbocycles. The first-order valence-electron chi connectivity index (χ1n) is 23.7. The summed E-state index contributed by atoms with van der Waals surface area (Å²) >= 11 is 0. The van der Waals surface area contributed by atoms with Gasteiger partial charge in [0.25, 0.3) is 0 Å². The number of rotatable bonds is 9. The third-order valence-corrected chi connectivity index (χ3v) is 13.7. The zero-order valence-electron chi connectivity index (χ0n) is 37.8. The number of fused-ring (bicyclic) bond motifs is 6. The molecule has 2 heterocycles. The van der Waals surface area contributed by atoms with Crippen molar-refractivity contribution in [3.63, 3.8) is 0 Å². The number of aromatic nitrogens is 2. The van der Waals surface area contributed by atoms with E-state index in [4.69, 9.17) is 0 Å². The second-order valence-electron chi connectivity index (χ2n) is 17.6. The molecular weight excluding hydrogens is 835 g/mol. The van der Waals surface area contributed by atoms with E-state index in [9.17, 15) is 0 Å². The van der Waals surface area contributed by atoms with Crippen LogP contribution in [0.1, 0.15) is 0 Å². The van der Waals surface area contributed by atoms with Gasteiger partial charge in [-0.3, -0.25) is 0 Å². The van der Waals surface area contributed by atoms with E-state index in [0.717, 1.165) is 28.4 Å². The molecule has 0 amide bonds. The summed E-state index contributed by atoms with van der Waals surface area (Å²) in [6.07, 6.45) is 0. The molecule has 0 aliphatic heterocycles. The van der Waals surface area contributed by atoms with E-state index in [-0.39, 0.29) is 0 Å². The minimum absolute atomic E-state index is 1.09. The molecule has 0 bridgehead atoms. The van der Waals surface area contributed by atoms with Crippen molar-refractivity contribution < 1.29 is 0 Å². The lowest BCUT2D eigenvalue weighted by molar-refractivity contribution is 1.18. The van der Waals surface area contributed by atoms with Crippen LogP contribution in [-0.2, 0) is 0 Å². The maximum Gasteiger partial charge on any atom is 0.0547 e. The van der Waals surface area contributed by atoms with Crippen molar-refractivity contribution in [1.82, 2.24) is 9.13 Å². The van der Waals surface area contributed by atoms with Crippen LogP contribution in [0.15, 0.2) is 273 Å². The summed E-state index contributed by atoms with van der Waals surface area (Å²) < 4.78 is 4.83. The first-order valence-corrected chi connectivity index (χ1v) is 23.7. The van der Waals surface area contributed by atoms with Gasteiger partial charge in [0.2, 0.25) is 0 Å². The number of hydrogen-bond donors (Lipinski definition) is 0. The summed E-state index contributed by atoms with van der Waals surface area (Å²) in [7, 11) is 0. The Bertz CT molecular complexity index is 3710. The minimum Gasteiger partial charge on any atom is -0.311 e. The van der Waals surface area contributed by atoms with E-state index in [1.54, 1.807) is 0 Å². The van der Waals surface area contributed by atoms with Crippen molar-refractivity contribution in [3.8, 4) is 55.9 Å². The molecule has 0 saturated carbocycles. The van der Waals surface area contributed by atoms with Crippen LogP contribution in [0.4, 0.5) is 17.1 Å². The van der Waals surface area contributed by atoms with Crippen molar-refractivity contribution in [1.29, 1.82) is 0 Å². The fourth-order valence-electron chi connectivity index (χ4n) is 10.7. The third-order valence-electron chi connectivity index (χ3n) is 13.7. The lowest BCUT2D eigenvalue weighted by Crippen LogP contribution is -2.09. The van der Waals surface area contributed by atoms with Crippen LogP contribution in [0.3, 0.4) is 0 Å². The van der Waals surface area contributed by atoms with Crippen molar-refractivity contribution >= 4 is 60.7 Å². The maximum absolute atomic E-state index is 2.42. The third kappa shape index (κ3) is 6.82. The Hall–Kier alpha value is -9.18. The Kier molecular flexibility index (Phi) is 9.84. The summed E-state index contributed by atoms with van der Waals surface area (Å²) in [5, 5.41) is 5.00. The zero-order chi connectivity index (χ0) is 45.7. The summed E-state index contributed by atoms with van der Waals surface area (Å²) in [4.78, 5) is 2.36. The topological polar surface area (TPSA) is 13.1 Å². The highest BCUT2D eigenvalue weighted by atomic mass is 15.1. The van der Waals surface area contributed by atoms with Gasteiger partial charge in [-0.15, -0.1) is 0 Å². The van der Waals surface area contributed by atoms with E-state index in [1.165, 1.54) is 88.1 Å². The highest BCUT2D eigenvalue weighted by Gasteiger charge is 2.22. The quantitative estimate of drug-likeness (QED) is 0.141. The molecule has 0 unspecified atom stereocenters. The molecule has 0 N–H and O–H groups in total. The first kappa shape index (κ1) is 40.1. The van der Waals surface area contributed by atoms with Gasteiger partial charge in [0, 0.05) is 50.0 Å². The smallest absolute Gasteiger partial charge is 0.0547 e. The molecular formula is C66H45N3. The molecule has 0 aliphatic rings. The summed E-state index contributed by atoms with van der Waals surface area (Å²) in [6.45, 7) is 0. The van der Waals surface area contributed by atoms with E-state index < -0.39 is 0 Å². The van der Waals surface area contributed by atoms with Crippen LogP contribution < -0.4 is 4.90 Å². The van der Waals surface area contributed by atoms with Gasteiger partial charge >= 0.3 is 0 Å². The molecule has 11 aromatic carbocycles. The molecule has 0 fully saturated rings. The Morgan fingerprint density at radius 1 is 0.203 bits per heavy atom. The van der Waals surface area contributed by atoms with Crippen LogP contribution in [0.2, 0.25) is 0 Å². The van der Waals surface area contributed by atoms with Crippen molar-refractivity contribution in [2.75, 3.05) is 4.90 Å². The predicted molar refractivity (Wildman–Crippen MR) is 292 cm³/mol. The van der Waals surface area contributed by atoms with Crippen LogP contribution >= 0.6 is 0 Å². The molecule has 324 valence electrons. The lowest BCUT2D eigenvalue weighted by Gasteiger charge is -2.26. The molecule has 0 spiro atoms. The van der Waals surface area contributed by atoms with Crippen molar-refractivity contribution in [3.05, 3.63) is 273 Å². The number of nitrogens with zero attached hydrogens (tertiary/aromatic N) is 3. The van der Waals surface area contributed by atoms with E-state index in [0.29, 0.717) is 0 Å². The van der Waals surface area contributed by atoms with Gasteiger partial charge in [0.05, 0.1) is 22.1 Å². The summed E-state index contributed by atoms with van der Waals surface area (Å²) in [6, 6.07) is 98.9. The Labute approximate surface area is 401 Å².